The first kappa shape index (κ1) is 21.2. The summed E-state index contributed by atoms with van der Waals surface area (Å²) in [5.41, 5.74) is 3.64. The van der Waals surface area contributed by atoms with Crippen molar-refractivity contribution in [2.45, 2.75) is 19.0 Å². The second-order valence-corrected chi connectivity index (χ2v) is 8.63. The van der Waals surface area contributed by atoms with Gasteiger partial charge in [-0.1, -0.05) is 65.8 Å². The first-order valence-electron chi connectivity index (χ1n) is 9.72. The summed E-state index contributed by atoms with van der Waals surface area (Å²) in [7, 11) is 1.87. The highest BCUT2D eigenvalue weighted by molar-refractivity contribution is 7.99. The van der Waals surface area contributed by atoms with Gasteiger partial charge in [-0.15, -0.1) is 10.2 Å². The fourth-order valence-corrected chi connectivity index (χ4v) is 4.38. The number of para-hydroxylation sites is 1. The minimum absolute atomic E-state index is 0.156. The molecule has 4 rings (SSSR count). The Balaban J connectivity index is 2.00. The summed E-state index contributed by atoms with van der Waals surface area (Å²) in [4.78, 5) is 13.7. The minimum Gasteiger partial charge on any atom is -0.283 e. The van der Waals surface area contributed by atoms with E-state index in [0.717, 1.165) is 17.0 Å². The fourth-order valence-electron chi connectivity index (χ4n) is 3.38. The summed E-state index contributed by atoms with van der Waals surface area (Å²) in [6.45, 7) is 7.85. The van der Waals surface area contributed by atoms with Gasteiger partial charge in [0.2, 0.25) is 0 Å². The van der Waals surface area contributed by atoms with Crippen molar-refractivity contribution in [1.29, 1.82) is 0 Å². The molecule has 0 unspecified atom stereocenters. The fraction of sp³-hybridized carbons (Fsp3) is 0.174. The zero-order valence-corrected chi connectivity index (χ0v) is 19.1. The van der Waals surface area contributed by atoms with Gasteiger partial charge in [0.05, 0.1) is 16.4 Å². The molecule has 0 amide bonds. The number of halogens is 1. The van der Waals surface area contributed by atoms with Crippen LogP contribution in [-0.4, -0.2) is 29.9 Å². The van der Waals surface area contributed by atoms with Crippen LogP contribution in [0, 0.1) is 6.92 Å². The van der Waals surface area contributed by atoms with Gasteiger partial charge in [0.15, 0.2) is 11.0 Å². The monoisotopic (exact) mass is 451 g/mol. The van der Waals surface area contributed by atoms with Gasteiger partial charge in [0.25, 0.3) is 5.56 Å². The maximum atomic E-state index is 13.7. The first-order valence-corrected chi connectivity index (χ1v) is 11.1. The Bertz CT molecular complexity index is 1320. The van der Waals surface area contributed by atoms with Gasteiger partial charge in [0.1, 0.15) is 5.69 Å². The molecule has 0 aliphatic heterocycles. The van der Waals surface area contributed by atoms with Gasteiger partial charge in [-0.3, -0.25) is 14.0 Å². The van der Waals surface area contributed by atoms with Crippen molar-refractivity contribution in [1.82, 2.24) is 24.1 Å². The van der Waals surface area contributed by atoms with E-state index in [9.17, 15) is 4.79 Å². The molecule has 2 heterocycles. The number of nitrogens with zero attached hydrogens (tertiary/aromatic N) is 5. The molecule has 0 aliphatic carbocycles. The van der Waals surface area contributed by atoms with Gasteiger partial charge in [-0.25, -0.2) is 4.68 Å². The van der Waals surface area contributed by atoms with E-state index in [1.165, 1.54) is 11.8 Å². The number of hydrogen-bond donors (Lipinski definition) is 0. The van der Waals surface area contributed by atoms with Gasteiger partial charge in [-0.05, 0) is 38.1 Å². The number of hydrogen-bond acceptors (Lipinski definition) is 4. The van der Waals surface area contributed by atoms with Crippen molar-refractivity contribution in [3.8, 4) is 22.8 Å². The van der Waals surface area contributed by atoms with Crippen LogP contribution >= 0.6 is 23.4 Å². The number of benzene rings is 2. The van der Waals surface area contributed by atoms with Crippen LogP contribution in [0.1, 0.15) is 12.6 Å². The molecule has 0 saturated heterocycles. The zero-order chi connectivity index (χ0) is 22.1. The molecule has 0 spiro atoms. The summed E-state index contributed by atoms with van der Waals surface area (Å²) < 4.78 is 5.30. The SMILES string of the molecule is C=C(C)CSc1nnc(-c2ccccc2Cl)n1-c1c(C)n(C)n(-c2ccccc2)c1=O. The molecule has 0 aliphatic rings. The van der Waals surface area contributed by atoms with Crippen molar-refractivity contribution in [2.75, 3.05) is 5.75 Å². The number of rotatable bonds is 6. The van der Waals surface area contributed by atoms with Crippen LogP contribution in [0.5, 0.6) is 0 Å². The molecule has 0 saturated carbocycles. The van der Waals surface area contributed by atoms with E-state index in [1.807, 2.05) is 78.7 Å². The van der Waals surface area contributed by atoms with Crippen molar-refractivity contribution in [3.63, 3.8) is 0 Å². The van der Waals surface area contributed by atoms with Crippen LogP contribution in [0.2, 0.25) is 5.02 Å². The summed E-state index contributed by atoms with van der Waals surface area (Å²) in [5.74, 6) is 1.19. The summed E-state index contributed by atoms with van der Waals surface area (Å²) in [6, 6.07) is 17.0. The highest BCUT2D eigenvalue weighted by atomic mass is 35.5. The van der Waals surface area contributed by atoms with E-state index < -0.39 is 0 Å². The standard InChI is InChI=1S/C23H22ClN5OS/c1-15(2)14-31-23-26-25-21(18-12-8-9-13-19(18)24)28(23)20-16(3)27(4)29(22(20)30)17-10-6-5-7-11-17/h5-13H,1,14H2,2-4H3. The third-order valence-corrected chi connectivity index (χ3v) is 6.43. The first-order chi connectivity index (χ1) is 14.9. The zero-order valence-electron chi connectivity index (χ0n) is 17.5. The molecule has 0 bridgehead atoms. The summed E-state index contributed by atoms with van der Waals surface area (Å²) in [5, 5.41) is 9.97. The topological polar surface area (TPSA) is 57.6 Å². The predicted octanol–water partition coefficient (Wildman–Crippen LogP) is 5.05. The van der Waals surface area contributed by atoms with Gasteiger partial charge in [0, 0.05) is 18.4 Å². The summed E-state index contributed by atoms with van der Waals surface area (Å²) in [6.07, 6.45) is 0. The van der Waals surface area contributed by atoms with E-state index in [2.05, 4.69) is 16.8 Å². The van der Waals surface area contributed by atoms with Crippen LogP contribution in [0.15, 0.2) is 76.7 Å². The molecule has 158 valence electrons. The van der Waals surface area contributed by atoms with Crippen molar-refractivity contribution < 1.29 is 0 Å². The summed E-state index contributed by atoms with van der Waals surface area (Å²) >= 11 is 7.97. The Labute approximate surface area is 189 Å². The average molecular weight is 452 g/mol. The Morgan fingerprint density at radius 2 is 1.77 bits per heavy atom. The average Bonchev–Trinajstić information content (AvgIpc) is 3.25. The molecular formula is C23H22ClN5OS. The molecule has 8 heteroatoms. The van der Waals surface area contributed by atoms with E-state index in [1.54, 1.807) is 10.7 Å². The molecule has 4 aromatic rings. The highest BCUT2D eigenvalue weighted by Gasteiger charge is 2.25. The van der Waals surface area contributed by atoms with E-state index >= 15 is 0 Å². The minimum atomic E-state index is -0.156. The highest BCUT2D eigenvalue weighted by Crippen LogP contribution is 2.32. The van der Waals surface area contributed by atoms with Gasteiger partial charge in [-0.2, -0.15) is 0 Å². The van der Waals surface area contributed by atoms with Crippen LogP contribution in [0.3, 0.4) is 0 Å². The lowest BCUT2D eigenvalue weighted by Gasteiger charge is -2.10. The lowest BCUT2D eigenvalue weighted by molar-refractivity contribution is 0.630. The van der Waals surface area contributed by atoms with Gasteiger partial charge < -0.3 is 0 Å². The maximum Gasteiger partial charge on any atom is 0.296 e. The molecular weight excluding hydrogens is 430 g/mol. The Hall–Kier alpha value is -3.03. The van der Waals surface area contributed by atoms with Crippen LogP contribution in [-0.2, 0) is 7.05 Å². The van der Waals surface area contributed by atoms with E-state index in [0.29, 0.717) is 33.0 Å². The smallest absolute Gasteiger partial charge is 0.283 e. The Morgan fingerprint density at radius 3 is 2.45 bits per heavy atom. The molecule has 0 N–H and O–H groups in total. The molecule has 0 radical (unpaired) electrons. The third-order valence-electron chi connectivity index (χ3n) is 4.94. The van der Waals surface area contributed by atoms with Crippen molar-refractivity contribution >= 4 is 23.4 Å². The quantitative estimate of drug-likeness (QED) is 0.304. The normalized spacial score (nSPS) is 11.1. The number of thioether (sulfide) groups is 1. The van der Waals surface area contributed by atoms with Gasteiger partial charge >= 0.3 is 0 Å². The maximum absolute atomic E-state index is 13.7. The second kappa shape index (κ2) is 8.61. The van der Waals surface area contributed by atoms with Crippen LogP contribution < -0.4 is 5.56 Å². The van der Waals surface area contributed by atoms with Crippen molar-refractivity contribution in [2.24, 2.45) is 7.05 Å². The Morgan fingerprint density at radius 1 is 1.10 bits per heavy atom. The van der Waals surface area contributed by atoms with Crippen molar-refractivity contribution in [3.05, 3.63) is 87.8 Å². The third kappa shape index (κ3) is 3.86. The van der Waals surface area contributed by atoms with E-state index in [4.69, 9.17) is 11.6 Å². The van der Waals surface area contributed by atoms with Crippen LogP contribution in [0.25, 0.3) is 22.8 Å². The molecule has 31 heavy (non-hydrogen) atoms. The van der Waals surface area contributed by atoms with Crippen LogP contribution in [0.4, 0.5) is 0 Å². The molecule has 0 atom stereocenters. The molecule has 6 nitrogen and oxygen atoms in total. The second-order valence-electron chi connectivity index (χ2n) is 7.28. The molecule has 0 fully saturated rings. The molecule has 2 aromatic heterocycles. The lowest BCUT2D eigenvalue weighted by Crippen LogP contribution is -2.21. The van der Waals surface area contributed by atoms with E-state index in [-0.39, 0.29) is 5.56 Å². The molecule has 2 aromatic carbocycles. The predicted molar refractivity (Wildman–Crippen MR) is 127 cm³/mol. The lowest BCUT2D eigenvalue weighted by atomic mass is 10.2. The largest absolute Gasteiger partial charge is 0.296 e. The number of aromatic nitrogens is 5. The Kier molecular flexibility index (Phi) is 5.89.